The van der Waals surface area contributed by atoms with Crippen LogP contribution in [-0.2, 0) is 4.79 Å². The molecule has 2 aliphatic heterocycles. The van der Waals surface area contributed by atoms with Crippen molar-refractivity contribution in [1.29, 1.82) is 0 Å². The molecule has 1 unspecified atom stereocenters. The second-order valence-electron chi connectivity index (χ2n) is 9.22. The number of piperazine rings is 1. The largest absolute Gasteiger partial charge is 0.381 e. The van der Waals surface area contributed by atoms with Gasteiger partial charge in [0.25, 0.3) is 5.91 Å². The molecule has 3 aromatic rings. The van der Waals surface area contributed by atoms with E-state index >= 15 is 4.39 Å². The number of likely N-dealkylation sites (tertiary alicyclic amines) is 1. The van der Waals surface area contributed by atoms with Crippen LogP contribution in [0.15, 0.2) is 24.8 Å². The summed E-state index contributed by atoms with van der Waals surface area (Å²) in [6.45, 7) is 5.52. The number of carbonyl (C=O) groups excluding carboxylic acids is 2. The van der Waals surface area contributed by atoms with Gasteiger partial charge >= 0.3 is 0 Å². The van der Waals surface area contributed by atoms with E-state index in [1.54, 1.807) is 4.90 Å². The van der Waals surface area contributed by atoms with E-state index in [0.717, 1.165) is 55.5 Å². The molecule has 2 aliphatic rings. The van der Waals surface area contributed by atoms with Crippen LogP contribution in [0.4, 0.5) is 26.0 Å². The molecular weight excluding hydrogens is 484 g/mol. The van der Waals surface area contributed by atoms with Crippen LogP contribution in [0.5, 0.6) is 0 Å². The number of rotatable bonds is 5. The van der Waals surface area contributed by atoms with Crippen molar-refractivity contribution >= 4 is 34.7 Å². The third kappa shape index (κ3) is 4.78. The van der Waals surface area contributed by atoms with Gasteiger partial charge in [-0.15, -0.1) is 5.10 Å². The minimum absolute atomic E-state index is 0.0569. The Morgan fingerprint density at radius 2 is 1.89 bits per heavy atom. The summed E-state index contributed by atoms with van der Waals surface area (Å²) in [5.41, 5.74) is 6.23. The third-order valence-corrected chi connectivity index (χ3v) is 7.03. The molecule has 5 heterocycles. The number of aromatic nitrogens is 4. The highest BCUT2D eigenvalue weighted by Gasteiger charge is 2.33. The quantitative estimate of drug-likeness (QED) is 0.529. The first-order valence-corrected chi connectivity index (χ1v) is 12.4. The number of nitrogens with two attached hydrogens (primary N) is 1. The van der Waals surface area contributed by atoms with Crippen LogP contribution in [0.1, 0.15) is 36.5 Å². The molecule has 3 aromatic heterocycles. The second-order valence-corrected chi connectivity index (χ2v) is 9.22. The van der Waals surface area contributed by atoms with Crippen LogP contribution in [-0.4, -0.2) is 86.5 Å². The summed E-state index contributed by atoms with van der Waals surface area (Å²) in [6, 6.07) is -0.101. The number of nitrogens with zero attached hydrogens (tertiary/aromatic N) is 7. The van der Waals surface area contributed by atoms with Crippen molar-refractivity contribution in [2.24, 2.45) is 0 Å². The molecule has 13 heteroatoms. The van der Waals surface area contributed by atoms with Gasteiger partial charge in [0, 0.05) is 26.2 Å². The molecule has 0 radical (unpaired) electrons. The number of hydrogen-bond donors (Lipinski definition) is 2. The van der Waals surface area contributed by atoms with Gasteiger partial charge in [-0.05, 0) is 25.9 Å². The normalized spacial score (nSPS) is 18.8. The predicted molar refractivity (Wildman–Crippen MR) is 133 cm³/mol. The van der Waals surface area contributed by atoms with Crippen molar-refractivity contribution in [2.45, 2.75) is 32.2 Å². The maximum absolute atomic E-state index is 15.0. The summed E-state index contributed by atoms with van der Waals surface area (Å²) in [5, 5.41) is 6.59. The lowest BCUT2D eigenvalue weighted by Crippen LogP contribution is -2.56. The van der Waals surface area contributed by atoms with Crippen LogP contribution in [0, 0.1) is 11.6 Å². The molecule has 196 valence electrons. The van der Waals surface area contributed by atoms with Crippen molar-refractivity contribution in [3.05, 3.63) is 42.0 Å². The first kappa shape index (κ1) is 24.8. The molecule has 2 amide bonds. The summed E-state index contributed by atoms with van der Waals surface area (Å²) in [4.78, 5) is 40.0. The van der Waals surface area contributed by atoms with Gasteiger partial charge in [-0.3, -0.25) is 19.5 Å². The lowest BCUT2D eigenvalue weighted by atomic mass is 10.0. The van der Waals surface area contributed by atoms with Crippen LogP contribution in [0.25, 0.3) is 5.65 Å². The fraction of sp³-hybridized carbons (Fsp3) is 0.458. The molecule has 3 N–H and O–H groups in total. The van der Waals surface area contributed by atoms with E-state index in [2.05, 4.69) is 32.2 Å². The highest BCUT2D eigenvalue weighted by molar-refractivity contribution is 6.12. The standard InChI is InChI=1S/C24H29F2N9O2/c1-2-32-6-4-3-5-18(32)24(37)34-9-7-33(8-10-34)20-16(26)12-28-13-17(20)30-23(36)19-21(27)31-35-14-15(25)11-29-22(19)35/h11-14,18H,2-10H2,1H3,(H2,27,31)(H,30,36). The maximum Gasteiger partial charge on any atom is 0.263 e. The van der Waals surface area contributed by atoms with E-state index in [9.17, 15) is 14.0 Å². The number of fused-ring (bicyclic) bond motifs is 1. The van der Waals surface area contributed by atoms with Gasteiger partial charge in [-0.25, -0.2) is 18.3 Å². The van der Waals surface area contributed by atoms with Gasteiger partial charge in [0.15, 0.2) is 23.1 Å². The number of carbonyl (C=O) groups is 2. The van der Waals surface area contributed by atoms with Crippen LogP contribution in [0.2, 0.25) is 0 Å². The highest BCUT2D eigenvalue weighted by atomic mass is 19.1. The molecule has 2 saturated heterocycles. The minimum Gasteiger partial charge on any atom is -0.381 e. The minimum atomic E-state index is -0.675. The molecule has 37 heavy (non-hydrogen) atoms. The van der Waals surface area contributed by atoms with E-state index in [1.165, 1.54) is 6.20 Å². The SMILES string of the molecule is CCN1CCCCC1C(=O)N1CCN(c2c(F)cncc2NC(=O)c2c(N)nn3cc(F)cnc23)CC1. The number of piperidine rings is 1. The van der Waals surface area contributed by atoms with Gasteiger partial charge in [0.2, 0.25) is 5.91 Å². The molecule has 5 rings (SSSR count). The van der Waals surface area contributed by atoms with E-state index in [0.29, 0.717) is 26.2 Å². The van der Waals surface area contributed by atoms with Crippen LogP contribution >= 0.6 is 0 Å². The molecule has 1 atom stereocenters. The summed E-state index contributed by atoms with van der Waals surface area (Å²) in [5.74, 6) is -1.93. The number of amides is 2. The Hall–Kier alpha value is -3.87. The van der Waals surface area contributed by atoms with E-state index in [1.807, 2.05) is 4.90 Å². The van der Waals surface area contributed by atoms with Gasteiger partial charge < -0.3 is 20.9 Å². The zero-order valence-electron chi connectivity index (χ0n) is 20.5. The molecular formula is C24H29F2N9O2. The Labute approximate surface area is 212 Å². The highest BCUT2D eigenvalue weighted by Crippen LogP contribution is 2.31. The number of pyridine rings is 1. The number of hydrogen-bond acceptors (Lipinski definition) is 8. The van der Waals surface area contributed by atoms with Crippen molar-refractivity contribution < 1.29 is 18.4 Å². The molecule has 0 spiro atoms. The predicted octanol–water partition coefficient (Wildman–Crippen LogP) is 1.76. The van der Waals surface area contributed by atoms with E-state index < -0.39 is 17.5 Å². The molecule has 11 nitrogen and oxygen atoms in total. The van der Waals surface area contributed by atoms with Gasteiger partial charge in [0.1, 0.15) is 11.3 Å². The number of anilines is 3. The summed E-state index contributed by atoms with van der Waals surface area (Å²) < 4.78 is 29.6. The fourth-order valence-corrected chi connectivity index (χ4v) is 5.18. The van der Waals surface area contributed by atoms with Crippen molar-refractivity contribution in [1.82, 2.24) is 29.4 Å². The van der Waals surface area contributed by atoms with Crippen LogP contribution in [0.3, 0.4) is 0 Å². The lowest BCUT2D eigenvalue weighted by Gasteiger charge is -2.41. The Morgan fingerprint density at radius 3 is 2.65 bits per heavy atom. The number of nitrogens with one attached hydrogen (secondary N) is 1. The smallest absolute Gasteiger partial charge is 0.263 e. The lowest BCUT2D eigenvalue weighted by molar-refractivity contribution is -0.138. The molecule has 0 aliphatic carbocycles. The maximum atomic E-state index is 15.0. The van der Waals surface area contributed by atoms with E-state index in [-0.39, 0.29) is 40.4 Å². The first-order chi connectivity index (χ1) is 17.9. The Bertz CT molecular complexity index is 1320. The topological polar surface area (TPSA) is 125 Å². The van der Waals surface area contributed by atoms with Crippen LogP contribution < -0.4 is 16.0 Å². The molecule has 0 aromatic carbocycles. The first-order valence-electron chi connectivity index (χ1n) is 12.4. The van der Waals surface area contributed by atoms with Gasteiger partial charge in [-0.2, -0.15) is 0 Å². The monoisotopic (exact) mass is 513 g/mol. The Balaban J connectivity index is 1.32. The van der Waals surface area contributed by atoms with Crippen molar-refractivity contribution in [2.75, 3.05) is 55.2 Å². The fourth-order valence-electron chi connectivity index (χ4n) is 5.18. The van der Waals surface area contributed by atoms with Crippen molar-refractivity contribution in [3.63, 3.8) is 0 Å². The molecule has 0 bridgehead atoms. The average molecular weight is 514 g/mol. The zero-order valence-corrected chi connectivity index (χ0v) is 20.5. The summed E-state index contributed by atoms with van der Waals surface area (Å²) >= 11 is 0. The van der Waals surface area contributed by atoms with E-state index in [4.69, 9.17) is 5.73 Å². The number of halogens is 2. The second kappa shape index (κ2) is 10.2. The zero-order chi connectivity index (χ0) is 26.1. The number of likely N-dealkylation sites (N-methyl/N-ethyl adjacent to an activating group) is 1. The number of nitrogen functional groups attached to an aromatic ring is 1. The van der Waals surface area contributed by atoms with Gasteiger partial charge in [0.05, 0.1) is 36.5 Å². The van der Waals surface area contributed by atoms with Crippen molar-refractivity contribution in [3.8, 4) is 0 Å². The third-order valence-electron chi connectivity index (χ3n) is 7.03. The molecule has 2 fully saturated rings. The Kier molecular flexibility index (Phi) is 6.87. The average Bonchev–Trinajstić information content (AvgIpc) is 3.23. The van der Waals surface area contributed by atoms with Gasteiger partial charge in [-0.1, -0.05) is 13.3 Å². The molecule has 0 saturated carbocycles. The summed E-state index contributed by atoms with van der Waals surface area (Å²) in [6.07, 6.45) is 7.45. The Morgan fingerprint density at radius 1 is 1.11 bits per heavy atom. The summed E-state index contributed by atoms with van der Waals surface area (Å²) in [7, 11) is 0.